The summed E-state index contributed by atoms with van der Waals surface area (Å²) in [5.41, 5.74) is 8.03. The van der Waals surface area contributed by atoms with Crippen LogP contribution < -0.4 is 34.9 Å². The minimum Gasteiger partial charge on any atom is -0.497 e. The number of aromatic nitrogens is 2. The minimum absolute atomic E-state index is 0.775. The second-order valence-electron chi connectivity index (χ2n) is 19.5. The van der Waals surface area contributed by atoms with Gasteiger partial charge in [0.15, 0.2) is 7.14 Å². The number of benzene rings is 12. The van der Waals surface area contributed by atoms with Gasteiger partial charge in [-0.2, -0.15) is 0 Å². The second kappa shape index (κ2) is 20.4. The fourth-order valence-electron chi connectivity index (χ4n) is 11.3. The van der Waals surface area contributed by atoms with Gasteiger partial charge in [-0.3, -0.25) is 0 Å². The summed E-state index contributed by atoms with van der Waals surface area (Å²) in [5, 5.41) is 15.2. The highest BCUT2D eigenvalue weighted by atomic mass is 79.9. The van der Waals surface area contributed by atoms with Crippen LogP contribution in [-0.4, -0.2) is 38.4 Å². The molecule has 382 valence electrons. The summed E-state index contributed by atoms with van der Waals surface area (Å²) in [6.45, 7) is 0. The van der Waals surface area contributed by atoms with Gasteiger partial charge in [-0.25, -0.2) is 9.97 Å². The summed E-state index contributed by atoms with van der Waals surface area (Å²) in [4.78, 5) is 10.6. The Morgan fingerprint density at radius 1 is 0.316 bits per heavy atom. The number of pyridine rings is 2. The molecular weight excluding hydrogens is 1060 g/mol. The number of hydrogen-bond donors (Lipinski definition) is 0. The van der Waals surface area contributed by atoms with Crippen LogP contribution in [-0.2, 0) is 4.57 Å². The first-order valence-corrected chi connectivity index (χ1v) is 28.4. The van der Waals surface area contributed by atoms with E-state index in [4.69, 9.17) is 28.9 Å². The Labute approximate surface area is 465 Å². The van der Waals surface area contributed by atoms with Crippen molar-refractivity contribution in [2.45, 2.75) is 0 Å². The molecule has 0 amide bonds. The van der Waals surface area contributed by atoms with Crippen molar-refractivity contribution in [3.8, 4) is 45.3 Å². The largest absolute Gasteiger partial charge is 0.497 e. The summed E-state index contributed by atoms with van der Waals surface area (Å²) >= 11 is 3.66. The maximum Gasteiger partial charge on any atom is 0.171 e. The first-order chi connectivity index (χ1) is 38.7. The number of halogens is 1. The van der Waals surface area contributed by atoms with Gasteiger partial charge in [-0.05, 0) is 99.4 Å². The molecule has 0 saturated carbocycles. The highest BCUT2D eigenvalue weighted by molar-refractivity contribution is 9.10. The van der Waals surface area contributed by atoms with Crippen molar-refractivity contribution in [2.24, 2.45) is 0 Å². The molecule has 0 aliphatic heterocycles. The summed E-state index contributed by atoms with van der Waals surface area (Å²) in [7, 11) is 3.57. The predicted molar refractivity (Wildman–Crippen MR) is 333 cm³/mol. The van der Waals surface area contributed by atoms with Crippen LogP contribution in [0.3, 0.4) is 0 Å². The summed E-state index contributed by atoms with van der Waals surface area (Å²) in [6.07, 6.45) is 0. The number of fused-ring (bicyclic) bond motifs is 12. The van der Waals surface area contributed by atoms with Crippen LogP contribution in [0.2, 0.25) is 0 Å². The van der Waals surface area contributed by atoms with E-state index in [-0.39, 0.29) is 0 Å². The third-order valence-electron chi connectivity index (χ3n) is 15.2. The van der Waals surface area contributed by atoms with Gasteiger partial charge in [0, 0.05) is 74.6 Å². The lowest BCUT2D eigenvalue weighted by Crippen LogP contribution is -2.25. The zero-order chi connectivity index (χ0) is 53.8. The van der Waals surface area contributed by atoms with Crippen LogP contribution in [0, 0.1) is 0 Å². The Bertz CT molecular complexity index is 4530. The molecule has 0 fully saturated rings. The Kier molecular flexibility index (Phi) is 12.8. The first-order valence-electron chi connectivity index (χ1n) is 25.9. The van der Waals surface area contributed by atoms with E-state index in [2.05, 4.69) is 149 Å². The number of methoxy groups -OCH3 is 4. The van der Waals surface area contributed by atoms with E-state index >= 15 is 4.57 Å². The van der Waals surface area contributed by atoms with Crippen LogP contribution in [0.1, 0.15) is 0 Å². The topological polar surface area (TPSA) is 79.8 Å². The van der Waals surface area contributed by atoms with Gasteiger partial charge in [0.1, 0.15) is 23.0 Å². The van der Waals surface area contributed by atoms with E-state index in [0.29, 0.717) is 0 Å². The molecule has 0 saturated heterocycles. The fraction of sp³-hybridized carbons (Fsp3) is 0.0571. The number of hydrogen-bond acceptors (Lipinski definition) is 7. The van der Waals surface area contributed by atoms with Gasteiger partial charge in [-0.1, -0.05) is 180 Å². The lowest BCUT2D eigenvalue weighted by Gasteiger charge is -2.21. The summed E-state index contributed by atoms with van der Waals surface area (Å²) in [5.74, 6) is 3.19. The molecule has 12 aromatic carbocycles. The zero-order valence-electron chi connectivity index (χ0n) is 43.7. The third kappa shape index (κ3) is 8.65. The quantitative estimate of drug-likeness (QED) is 0.0809. The van der Waals surface area contributed by atoms with E-state index in [1.165, 1.54) is 5.56 Å². The van der Waals surface area contributed by atoms with E-state index in [0.717, 1.165) is 147 Å². The molecular formula is C70H50BrN2O5P. The molecule has 0 radical (unpaired) electrons. The van der Waals surface area contributed by atoms with Crippen molar-refractivity contribution in [3.05, 3.63) is 235 Å². The Hall–Kier alpha value is -9.07. The van der Waals surface area contributed by atoms with Crippen LogP contribution >= 0.6 is 23.1 Å². The fourth-order valence-corrected chi connectivity index (χ4v) is 14.4. The molecule has 0 spiro atoms. The van der Waals surface area contributed by atoms with Crippen molar-refractivity contribution in [1.82, 2.24) is 9.97 Å². The molecule has 0 unspecified atom stereocenters. The molecule has 0 atom stereocenters. The standard InChI is InChI=1S/C41H30NO3P.C29H20BrNO2/c1-44-30-20-16-27-18-22-35-39(36-23-19-28-17-21-31(45-2)26-38(28)41(36)42-40(35)37(27)25-30)29-10-9-15-34(24-29)46(43,32-11-5-3-6-12-32)33-13-7-4-8-14-33;1-32-21-10-6-17-8-12-23-27(19-4-3-5-20(30)14-19)24-13-9-18-7-11-22(33-2)16-26(18)29(24)31-28(23)25(17)15-21/h3-26H,1-2H3;3-16H,1-2H3. The van der Waals surface area contributed by atoms with Gasteiger partial charge >= 0.3 is 0 Å². The smallest absolute Gasteiger partial charge is 0.171 e. The van der Waals surface area contributed by atoms with E-state index in [1.807, 2.05) is 97.1 Å². The Balaban J connectivity index is 0.000000158. The van der Waals surface area contributed by atoms with Crippen molar-refractivity contribution >= 4 is 126 Å². The molecule has 0 aliphatic carbocycles. The van der Waals surface area contributed by atoms with E-state index in [1.54, 1.807) is 28.4 Å². The number of nitrogens with zero attached hydrogens (tertiary/aromatic N) is 2. The lowest BCUT2D eigenvalue weighted by molar-refractivity contribution is 0.415. The molecule has 0 bridgehead atoms. The van der Waals surface area contributed by atoms with Crippen LogP contribution in [0.5, 0.6) is 23.0 Å². The normalized spacial score (nSPS) is 11.7. The number of ether oxygens (including phenoxy) is 4. The molecule has 2 heterocycles. The molecule has 0 N–H and O–H groups in total. The minimum atomic E-state index is -3.19. The SMILES string of the molecule is COc1ccc2ccc3c(-c4cccc(Br)c4)c4ccc5ccc(OC)cc5c4nc3c2c1.COc1ccc2ccc3c(-c4cccc(P(=O)(c5ccccc5)c5ccccc5)c4)c4ccc5ccc(OC)cc5c4nc3c2c1. The maximum atomic E-state index is 15.4. The average Bonchev–Trinajstić information content (AvgIpc) is 3.71. The molecule has 14 rings (SSSR count). The van der Waals surface area contributed by atoms with Crippen molar-refractivity contribution in [3.63, 3.8) is 0 Å². The van der Waals surface area contributed by atoms with Gasteiger partial charge in [0.2, 0.25) is 0 Å². The Morgan fingerprint density at radius 3 is 0.975 bits per heavy atom. The summed E-state index contributed by atoms with van der Waals surface area (Å²) < 4.78 is 38.8. The molecule has 2 aromatic heterocycles. The second-order valence-corrected chi connectivity index (χ2v) is 23.2. The third-order valence-corrected chi connectivity index (χ3v) is 18.7. The van der Waals surface area contributed by atoms with Crippen LogP contribution in [0.15, 0.2) is 235 Å². The highest BCUT2D eigenvalue weighted by Gasteiger charge is 2.30. The lowest BCUT2D eigenvalue weighted by atomic mass is 9.92. The van der Waals surface area contributed by atoms with Crippen molar-refractivity contribution in [1.29, 1.82) is 0 Å². The predicted octanol–water partition coefficient (Wildman–Crippen LogP) is 17.2. The van der Waals surface area contributed by atoms with Gasteiger partial charge in [0.25, 0.3) is 0 Å². The highest BCUT2D eigenvalue weighted by Crippen LogP contribution is 2.46. The van der Waals surface area contributed by atoms with Crippen LogP contribution in [0.4, 0.5) is 0 Å². The number of rotatable bonds is 9. The van der Waals surface area contributed by atoms with E-state index in [9.17, 15) is 0 Å². The van der Waals surface area contributed by atoms with Gasteiger partial charge < -0.3 is 23.5 Å². The molecule has 79 heavy (non-hydrogen) atoms. The summed E-state index contributed by atoms with van der Waals surface area (Å²) in [6, 6.07) is 78.1. The van der Waals surface area contributed by atoms with Gasteiger partial charge in [0.05, 0.1) is 50.5 Å². The molecule has 0 aliphatic rings. The maximum absolute atomic E-state index is 15.4. The van der Waals surface area contributed by atoms with Crippen LogP contribution in [0.25, 0.3) is 109 Å². The van der Waals surface area contributed by atoms with Crippen molar-refractivity contribution < 1.29 is 23.5 Å². The van der Waals surface area contributed by atoms with E-state index < -0.39 is 7.14 Å². The van der Waals surface area contributed by atoms with Gasteiger partial charge in [-0.15, -0.1) is 0 Å². The first kappa shape index (κ1) is 49.5. The average molecular weight is 1110 g/mol. The zero-order valence-corrected chi connectivity index (χ0v) is 46.2. The Morgan fingerprint density at radius 2 is 0.633 bits per heavy atom. The molecule has 7 nitrogen and oxygen atoms in total. The molecule has 9 heteroatoms. The monoisotopic (exact) mass is 1110 g/mol. The molecule has 14 aromatic rings. The van der Waals surface area contributed by atoms with Crippen molar-refractivity contribution in [2.75, 3.05) is 28.4 Å².